The standard InChI is InChI=1S/C16H24O/c1-12-9-13(2)11-14(10-12)16(17)7-5-15(3,4)6-8-16/h9-11,17H,5-8H2,1-4H3. The van der Waals surface area contributed by atoms with Gasteiger partial charge in [-0.15, -0.1) is 0 Å². The molecule has 0 bridgehead atoms. The third-order valence-corrected chi connectivity index (χ3v) is 4.19. The molecular formula is C16H24O. The summed E-state index contributed by atoms with van der Waals surface area (Å²) in [5, 5.41) is 10.8. The van der Waals surface area contributed by atoms with Crippen molar-refractivity contribution in [1.29, 1.82) is 0 Å². The lowest BCUT2D eigenvalue weighted by atomic mass is 9.68. The highest BCUT2D eigenvalue weighted by Gasteiger charge is 2.37. The number of benzene rings is 1. The van der Waals surface area contributed by atoms with E-state index < -0.39 is 5.60 Å². The van der Waals surface area contributed by atoms with Crippen LogP contribution in [0, 0.1) is 19.3 Å². The molecular weight excluding hydrogens is 208 g/mol. The monoisotopic (exact) mass is 232 g/mol. The van der Waals surface area contributed by atoms with Crippen LogP contribution in [0.5, 0.6) is 0 Å². The van der Waals surface area contributed by atoms with Crippen LogP contribution < -0.4 is 0 Å². The Labute approximate surface area is 105 Å². The quantitative estimate of drug-likeness (QED) is 0.773. The molecule has 1 nitrogen and oxygen atoms in total. The fourth-order valence-corrected chi connectivity index (χ4v) is 2.87. The van der Waals surface area contributed by atoms with E-state index in [1.165, 1.54) is 11.1 Å². The first-order valence-electron chi connectivity index (χ1n) is 6.62. The van der Waals surface area contributed by atoms with Crippen LogP contribution in [-0.4, -0.2) is 5.11 Å². The van der Waals surface area contributed by atoms with Crippen LogP contribution in [0.3, 0.4) is 0 Å². The van der Waals surface area contributed by atoms with E-state index in [4.69, 9.17) is 0 Å². The molecule has 1 aromatic rings. The first-order valence-corrected chi connectivity index (χ1v) is 6.62. The van der Waals surface area contributed by atoms with Crippen molar-refractivity contribution < 1.29 is 5.11 Å². The minimum Gasteiger partial charge on any atom is -0.385 e. The second-order valence-electron chi connectivity index (χ2n) is 6.57. The van der Waals surface area contributed by atoms with Crippen LogP contribution in [0.4, 0.5) is 0 Å². The summed E-state index contributed by atoms with van der Waals surface area (Å²) in [4.78, 5) is 0. The van der Waals surface area contributed by atoms with Crippen LogP contribution in [-0.2, 0) is 5.60 Å². The van der Waals surface area contributed by atoms with Gasteiger partial charge in [0.05, 0.1) is 5.60 Å². The molecule has 1 aliphatic rings. The van der Waals surface area contributed by atoms with Crippen molar-refractivity contribution in [2.45, 2.75) is 59.0 Å². The van der Waals surface area contributed by atoms with E-state index in [2.05, 4.69) is 45.9 Å². The summed E-state index contributed by atoms with van der Waals surface area (Å²) in [5.74, 6) is 0. The lowest BCUT2D eigenvalue weighted by Gasteiger charge is -2.40. The highest BCUT2D eigenvalue weighted by atomic mass is 16.3. The van der Waals surface area contributed by atoms with Gasteiger partial charge >= 0.3 is 0 Å². The number of hydrogen-bond donors (Lipinski definition) is 1. The fourth-order valence-electron chi connectivity index (χ4n) is 2.87. The van der Waals surface area contributed by atoms with Gasteiger partial charge in [0.25, 0.3) is 0 Å². The van der Waals surface area contributed by atoms with E-state index in [1.807, 2.05) is 0 Å². The Balaban J connectivity index is 2.27. The molecule has 1 aliphatic carbocycles. The lowest BCUT2D eigenvalue weighted by molar-refractivity contribution is -0.0306. The van der Waals surface area contributed by atoms with Crippen LogP contribution in [0.2, 0.25) is 0 Å². The Morgan fingerprint density at radius 2 is 1.35 bits per heavy atom. The molecule has 1 saturated carbocycles. The summed E-state index contributed by atoms with van der Waals surface area (Å²) in [5.41, 5.74) is 3.42. The van der Waals surface area contributed by atoms with Gasteiger partial charge in [-0.2, -0.15) is 0 Å². The predicted octanol–water partition coefficient (Wildman–Crippen LogP) is 4.09. The maximum absolute atomic E-state index is 10.8. The zero-order valence-corrected chi connectivity index (χ0v) is 11.5. The molecule has 0 amide bonds. The van der Waals surface area contributed by atoms with Crippen LogP contribution in [0.25, 0.3) is 0 Å². The minimum absolute atomic E-state index is 0.394. The Hall–Kier alpha value is -0.820. The summed E-state index contributed by atoms with van der Waals surface area (Å²) in [7, 11) is 0. The second-order valence-corrected chi connectivity index (χ2v) is 6.57. The molecule has 0 unspecified atom stereocenters. The molecule has 0 saturated heterocycles. The SMILES string of the molecule is Cc1cc(C)cc(C2(O)CCC(C)(C)CC2)c1. The summed E-state index contributed by atoms with van der Waals surface area (Å²) in [6.45, 7) is 8.81. The molecule has 0 aromatic heterocycles. The number of rotatable bonds is 1. The normalized spacial score (nSPS) is 22.4. The maximum atomic E-state index is 10.8. The summed E-state index contributed by atoms with van der Waals surface area (Å²) in [6, 6.07) is 6.45. The topological polar surface area (TPSA) is 20.2 Å². The molecule has 0 atom stereocenters. The first kappa shape index (κ1) is 12.6. The van der Waals surface area contributed by atoms with E-state index in [1.54, 1.807) is 0 Å². The van der Waals surface area contributed by atoms with Crippen LogP contribution in [0.15, 0.2) is 18.2 Å². The van der Waals surface area contributed by atoms with Crippen molar-refractivity contribution in [2.75, 3.05) is 0 Å². The van der Waals surface area contributed by atoms with Crippen molar-refractivity contribution in [2.24, 2.45) is 5.41 Å². The highest BCUT2D eigenvalue weighted by molar-refractivity contribution is 5.32. The highest BCUT2D eigenvalue weighted by Crippen LogP contribution is 2.45. The smallest absolute Gasteiger partial charge is 0.0897 e. The molecule has 0 radical (unpaired) electrons. The van der Waals surface area contributed by atoms with Gasteiger partial charge in [0.1, 0.15) is 0 Å². The average Bonchev–Trinajstić information content (AvgIpc) is 2.22. The van der Waals surface area contributed by atoms with Gasteiger partial charge in [-0.05, 0) is 50.5 Å². The van der Waals surface area contributed by atoms with Crippen LogP contribution >= 0.6 is 0 Å². The third kappa shape index (κ3) is 2.71. The molecule has 1 fully saturated rings. The number of aryl methyl sites for hydroxylation is 2. The number of hydrogen-bond acceptors (Lipinski definition) is 1. The largest absolute Gasteiger partial charge is 0.385 e. The molecule has 1 aromatic carbocycles. The van der Waals surface area contributed by atoms with Gasteiger partial charge in [-0.1, -0.05) is 43.2 Å². The van der Waals surface area contributed by atoms with Crippen molar-refractivity contribution in [1.82, 2.24) is 0 Å². The Bertz CT molecular complexity index is 387. The van der Waals surface area contributed by atoms with E-state index >= 15 is 0 Å². The second kappa shape index (κ2) is 4.13. The van der Waals surface area contributed by atoms with Crippen molar-refractivity contribution in [3.8, 4) is 0 Å². The Kier molecular flexibility index (Phi) is 3.07. The summed E-state index contributed by atoms with van der Waals surface area (Å²) >= 11 is 0. The average molecular weight is 232 g/mol. The van der Waals surface area contributed by atoms with Crippen LogP contribution in [0.1, 0.15) is 56.2 Å². The molecule has 1 N–H and O–H groups in total. The van der Waals surface area contributed by atoms with E-state index in [0.717, 1.165) is 31.2 Å². The van der Waals surface area contributed by atoms with Gasteiger partial charge in [0, 0.05) is 0 Å². The van der Waals surface area contributed by atoms with Gasteiger partial charge in [0.2, 0.25) is 0 Å². The summed E-state index contributed by atoms with van der Waals surface area (Å²) < 4.78 is 0. The van der Waals surface area contributed by atoms with Crippen molar-refractivity contribution >= 4 is 0 Å². The summed E-state index contributed by atoms with van der Waals surface area (Å²) in [6.07, 6.45) is 4.00. The predicted molar refractivity (Wildman–Crippen MR) is 72.1 cm³/mol. The first-order chi connectivity index (χ1) is 7.81. The molecule has 17 heavy (non-hydrogen) atoms. The molecule has 1 heteroatoms. The van der Waals surface area contributed by atoms with E-state index in [0.29, 0.717) is 5.41 Å². The molecule has 2 rings (SSSR count). The molecule has 0 spiro atoms. The third-order valence-electron chi connectivity index (χ3n) is 4.19. The molecule has 94 valence electrons. The maximum Gasteiger partial charge on any atom is 0.0897 e. The van der Waals surface area contributed by atoms with Gasteiger partial charge in [0.15, 0.2) is 0 Å². The minimum atomic E-state index is -0.591. The Morgan fingerprint density at radius 1 is 0.882 bits per heavy atom. The van der Waals surface area contributed by atoms with Gasteiger partial charge in [-0.25, -0.2) is 0 Å². The molecule has 0 heterocycles. The van der Waals surface area contributed by atoms with Crippen molar-refractivity contribution in [3.05, 3.63) is 34.9 Å². The van der Waals surface area contributed by atoms with E-state index in [-0.39, 0.29) is 0 Å². The van der Waals surface area contributed by atoms with E-state index in [9.17, 15) is 5.11 Å². The van der Waals surface area contributed by atoms with Gasteiger partial charge in [-0.3, -0.25) is 0 Å². The lowest BCUT2D eigenvalue weighted by Crippen LogP contribution is -2.34. The number of aliphatic hydroxyl groups is 1. The fraction of sp³-hybridized carbons (Fsp3) is 0.625. The Morgan fingerprint density at radius 3 is 1.82 bits per heavy atom. The van der Waals surface area contributed by atoms with Crippen molar-refractivity contribution in [3.63, 3.8) is 0 Å². The zero-order chi connectivity index (χ0) is 12.7. The zero-order valence-electron chi connectivity index (χ0n) is 11.5. The van der Waals surface area contributed by atoms with Gasteiger partial charge < -0.3 is 5.11 Å². The molecule has 0 aliphatic heterocycles.